The molecule has 5 aromatic rings. The van der Waals surface area contributed by atoms with Crippen molar-refractivity contribution in [3.05, 3.63) is 119 Å². The molecule has 5 rings (SSSR count). The van der Waals surface area contributed by atoms with Crippen molar-refractivity contribution >= 4 is 23.3 Å². The molecule has 0 unspecified atom stereocenters. The Hall–Kier alpha value is -4.16. The Balaban J connectivity index is 1.50. The van der Waals surface area contributed by atoms with Crippen LogP contribution in [0.4, 0.5) is 5.82 Å². The normalized spacial score (nSPS) is 10.9. The zero-order chi connectivity index (χ0) is 23.5. The van der Waals surface area contributed by atoms with Crippen LogP contribution in [0.1, 0.15) is 21.6 Å². The smallest absolute Gasteiger partial charge is 0.261 e. The van der Waals surface area contributed by atoms with Crippen LogP contribution < -0.4 is 5.32 Å². The topological polar surface area (TPSA) is 64.7 Å². The quantitative estimate of drug-likeness (QED) is 0.333. The van der Waals surface area contributed by atoms with Gasteiger partial charge in [-0.15, -0.1) is 0 Å². The zero-order valence-electron chi connectivity index (χ0n) is 18.5. The molecule has 0 saturated carbocycles. The Bertz CT molecular complexity index is 1430. The molecule has 1 amide bonds. The first-order valence-corrected chi connectivity index (χ1v) is 11.3. The summed E-state index contributed by atoms with van der Waals surface area (Å²) in [6.07, 6.45) is 1.71. The van der Waals surface area contributed by atoms with Crippen molar-refractivity contribution in [3.63, 3.8) is 0 Å². The second-order valence-corrected chi connectivity index (χ2v) is 8.29. The van der Waals surface area contributed by atoms with Gasteiger partial charge in [-0.2, -0.15) is 10.2 Å². The van der Waals surface area contributed by atoms with Gasteiger partial charge in [0.25, 0.3) is 5.91 Å². The summed E-state index contributed by atoms with van der Waals surface area (Å²) in [4.78, 5) is 13.5. The maximum absolute atomic E-state index is 13.5. The Kier molecular flexibility index (Phi) is 5.97. The standard InChI is InChI=1S/C27H22ClN5O/c1-19-24(25(21-13-7-3-8-14-21)30-33(19)22-15-9-4-10-16-22)27(34)29-26-23(28)18-32(31-26)17-20-11-5-2-6-12-20/h2-16,18H,17H2,1H3,(H,29,31,34). The van der Waals surface area contributed by atoms with E-state index in [9.17, 15) is 4.79 Å². The second-order valence-electron chi connectivity index (χ2n) is 7.89. The summed E-state index contributed by atoms with van der Waals surface area (Å²) in [6.45, 7) is 2.44. The van der Waals surface area contributed by atoms with Gasteiger partial charge in [-0.1, -0.05) is 90.5 Å². The van der Waals surface area contributed by atoms with Gasteiger partial charge >= 0.3 is 0 Å². The van der Waals surface area contributed by atoms with Crippen molar-refractivity contribution in [3.8, 4) is 16.9 Å². The van der Waals surface area contributed by atoms with Crippen LogP contribution in [-0.4, -0.2) is 25.5 Å². The lowest BCUT2D eigenvalue weighted by Gasteiger charge is -2.06. The van der Waals surface area contributed by atoms with Crippen LogP contribution in [0, 0.1) is 6.92 Å². The first kappa shape index (κ1) is 21.7. The lowest BCUT2D eigenvalue weighted by atomic mass is 10.1. The fourth-order valence-corrected chi connectivity index (χ4v) is 4.09. The number of anilines is 1. The van der Waals surface area contributed by atoms with E-state index in [-0.39, 0.29) is 5.91 Å². The molecule has 0 radical (unpaired) electrons. The Morgan fingerprint density at radius 1 is 0.882 bits per heavy atom. The van der Waals surface area contributed by atoms with Crippen LogP contribution >= 0.6 is 11.6 Å². The molecule has 3 aromatic carbocycles. The number of nitrogens with one attached hydrogen (secondary N) is 1. The van der Waals surface area contributed by atoms with Gasteiger partial charge in [-0.05, 0) is 24.6 Å². The third-order valence-electron chi connectivity index (χ3n) is 5.53. The largest absolute Gasteiger partial charge is 0.304 e. The monoisotopic (exact) mass is 467 g/mol. The van der Waals surface area contributed by atoms with Crippen molar-refractivity contribution in [1.29, 1.82) is 0 Å². The number of aromatic nitrogens is 4. The van der Waals surface area contributed by atoms with Gasteiger partial charge in [0.2, 0.25) is 0 Å². The molecule has 0 aliphatic carbocycles. The highest BCUT2D eigenvalue weighted by molar-refractivity contribution is 6.33. The van der Waals surface area contributed by atoms with Gasteiger partial charge in [-0.25, -0.2) is 4.68 Å². The average Bonchev–Trinajstić information content (AvgIpc) is 3.39. The van der Waals surface area contributed by atoms with E-state index in [2.05, 4.69) is 10.4 Å². The van der Waals surface area contributed by atoms with E-state index in [1.54, 1.807) is 15.6 Å². The van der Waals surface area contributed by atoms with Crippen LogP contribution in [0.15, 0.2) is 97.2 Å². The van der Waals surface area contributed by atoms with Crippen molar-refractivity contribution in [1.82, 2.24) is 19.6 Å². The number of halogens is 1. The minimum Gasteiger partial charge on any atom is -0.304 e. The zero-order valence-corrected chi connectivity index (χ0v) is 19.3. The molecule has 0 bridgehead atoms. The molecular formula is C27H22ClN5O. The molecule has 34 heavy (non-hydrogen) atoms. The number of hydrogen-bond acceptors (Lipinski definition) is 3. The minimum atomic E-state index is -0.314. The highest BCUT2D eigenvalue weighted by Gasteiger charge is 2.24. The highest BCUT2D eigenvalue weighted by Crippen LogP contribution is 2.29. The number of hydrogen-bond donors (Lipinski definition) is 1. The molecule has 1 N–H and O–H groups in total. The Morgan fingerprint density at radius 2 is 1.50 bits per heavy atom. The van der Waals surface area contributed by atoms with Gasteiger partial charge in [0, 0.05) is 11.8 Å². The summed E-state index contributed by atoms with van der Waals surface area (Å²) in [6, 6.07) is 29.4. The molecule has 0 spiro atoms. The summed E-state index contributed by atoms with van der Waals surface area (Å²) < 4.78 is 3.50. The summed E-state index contributed by atoms with van der Waals surface area (Å²) in [5.41, 5.74) is 4.61. The number of benzene rings is 3. The maximum atomic E-state index is 13.5. The molecule has 0 aliphatic heterocycles. The molecule has 7 heteroatoms. The van der Waals surface area contributed by atoms with Gasteiger partial charge in [0.15, 0.2) is 5.82 Å². The van der Waals surface area contributed by atoms with Crippen LogP contribution in [0.5, 0.6) is 0 Å². The number of amides is 1. The molecule has 168 valence electrons. The number of carbonyl (C=O) groups excluding carboxylic acids is 1. The van der Waals surface area contributed by atoms with E-state index in [0.717, 1.165) is 22.5 Å². The van der Waals surface area contributed by atoms with Crippen LogP contribution in [-0.2, 0) is 6.54 Å². The number of para-hydroxylation sites is 1. The molecule has 0 fully saturated rings. The third kappa shape index (κ3) is 4.36. The van der Waals surface area contributed by atoms with Crippen molar-refractivity contribution in [2.45, 2.75) is 13.5 Å². The van der Waals surface area contributed by atoms with E-state index >= 15 is 0 Å². The fraction of sp³-hybridized carbons (Fsp3) is 0.0741. The summed E-state index contributed by atoms with van der Waals surface area (Å²) >= 11 is 6.42. The molecule has 2 aromatic heterocycles. The van der Waals surface area contributed by atoms with Crippen LogP contribution in [0.2, 0.25) is 5.02 Å². The van der Waals surface area contributed by atoms with Crippen LogP contribution in [0.25, 0.3) is 16.9 Å². The van der Waals surface area contributed by atoms with Gasteiger partial charge in [-0.3, -0.25) is 9.48 Å². The Labute approximate surface area is 202 Å². The molecule has 0 atom stereocenters. The van der Waals surface area contributed by atoms with Crippen LogP contribution in [0.3, 0.4) is 0 Å². The van der Waals surface area contributed by atoms with Crippen molar-refractivity contribution < 1.29 is 4.79 Å². The highest BCUT2D eigenvalue weighted by atomic mass is 35.5. The van der Waals surface area contributed by atoms with E-state index in [4.69, 9.17) is 16.7 Å². The number of rotatable bonds is 6. The van der Waals surface area contributed by atoms with E-state index in [0.29, 0.717) is 28.6 Å². The first-order valence-electron chi connectivity index (χ1n) is 10.9. The van der Waals surface area contributed by atoms with Crippen molar-refractivity contribution in [2.24, 2.45) is 0 Å². The predicted octanol–water partition coefficient (Wildman–Crippen LogP) is 6.00. The summed E-state index contributed by atoms with van der Waals surface area (Å²) in [5, 5.41) is 12.6. The number of carbonyl (C=O) groups is 1. The van der Waals surface area contributed by atoms with E-state index in [1.807, 2.05) is 97.9 Å². The summed E-state index contributed by atoms with van der Waals surface area (Å²) in [5.74, 6) is -0.00105. The fourth-order valence-electron chi connectivity index (χ4n) is 3.90. The number of nitrogens with zero attached hydrogens (tertiary/aromatic N) is 4. The molecular weight excluding hydrogens is 446 g/mol. The molecule has 0 saturated heterocycles. The SMILES string of the molecule is Cc1c(C(=O)Nc2nn(Cc3ccccc3)cc2Cl)c(-c2ccccc2)nn1-c1ccccc1. The van der Waals surface area contributed by atoms with Gasteiger partial charge in [0.05, 0.1) is 23.5 Å². The lowest BCUT2D eigenvalue weighted by Crippen LogP contribution is -2.15. The third-order valence-corrected chi connectivity index (χ3v) is 5.80. The predicted molar refractivity (Wildman–Crippen MR) is 134 cm³/mol. The van der Waals surface area contributed by atoms with Gasteiger partial charge < -0.3 is 5.32 Å². The average molecular weight is 468 g/mol. The first-order chi connectivity index (χ1) is 16.6. The molecule has 6 nitrogen and oxygen atoms in total. The van der Waals surface area contributed by atoms with E-state index < -0.39 is 0 Å². The second kappa shape index (κ2) is 9.37. The summed E-state index contributed by atoms with van der Waals surface area (Å²) in [7, 11) is 0. The minimum absolute atomic E-state index is 0.313. The Morgan fingerprint density at radius 3 is 2.18 bits per heavy atom. The van der Waals surface area contributed by atoms with E-state index in [1.165, 1.54) is 0 Å². The lowest BCUT2D eigenvalue weighted by molar-refractivity contribution is 0.102. The molecule has 2 heterocycles. The maximum Gasteiger partial charge on any atom is 0.261 e. The van der Waals surface area contributed by atoms with Crippen molar-refractivity contribution in [2.75, 3.05) is 5.32 Å². The van der Waals surface area contributed by atoms with Gasteiger partial charge in [0.1, 0.15) is 10.7 Å². The molecule has 0 aliphatic rings.